The summed E-state index contributed by atoms with van der Waals surface area (Å²) in [7, 11) is 0. The topological polar surface area (TPSA) is 38.8 Å². The molecule has 0 radical (unpaired) electrons. The molecule has 1 aromatic carbocycles. The smallest absolute Gasteiger partial charge is 0.224 e. The Kier molecular flexibility index (Phi) is 4.86. The standard InChI is InChI=1S/C21H25NO3S/c1-15-14-24-21(25-15)10-8-18-12-20(26-19(18)13-21)22(16(2)23)11-9-17-6-4-3-5-7-17/h3-7,12,15H,8-11,13-14H2,1-2H3. The second-order valence-corrected chi connectivity index (χ2v) is 8.38. The SMILES string of the molecule is CC(=O)N(CCc1ccccc1)c1cc2c(s1)CC1(CC2)OCC(C)O1. The lowest BCUT2D eigenvalue weighted by Crippen LogP contribution is -2.36. The maximum absolute atomic E-state index is 12.3. The van der Waals surface area contributed by atoms with Crippen LogP contribution in [0.2, 0.25) is 0 Å². The Bertz CT molecular complexity index is 788. The van der Waals surface area contributed by atoms with Crippen LogP contribution in [0.4, 0.5) is 5.00 Å². The predicted octanol–water partition coefficient (Wildman–Crippen LogP) is 3.96. The molecule has 0 saturated carbocycles. The van der Waals surface area contributed by atoms with Crippen LogP contribution >= 0.6 is 11.3 Å². The van der Waals surface area contributed by atoms with Crippen LogP contribution in [0.1, 0.15) is 36.3 Å². The number of ether oxygens (including phenoxy) is 2. The van der Waals surface area contributed by atoms with Crippen LogP contribution in [0, 0.1) is 0 Å². The number of aryl methyl sites for hydroxylation is 1. The van der Waals surface area contributed by atoms with Crippen LogP contribution < -0.4 is 4.90 Å². The minimum atomic E-state index is -0.445. The number of thiophene rings is 1. The molecular formula is C21H25NO3S. The largest absolute Gasteiger partial charge is 0.347 e. The van der Waals surface area contributed by atoms with Gasteiger partial charge in [-0.25, -0.2) is 0 Å². The van der Waals surface area contributed by atoms with Crippen molar-refractivity contribution in [2.75, 3.05) is 18.1 Å². The van der Waals surface area contributed by atoms with Crippen molar-refractivity contribution in [2.24, 2.45) is 0 Å². The van der Waals surface area contributed by atoms with Gasteiger partial charge in [0.15, 0.2) is 5.79 Å². The third kappa shape index (κ3) is 3.56. The molecule has 1 aromatic heterocycles. The zero-order valence-corrected chi connectivity index (χ0v) is 16.2. The molecule has 2 atom stereocenters. The summed E-state index contributed by atoms with van der Waals surface area (Å²) in [5.41, 5.74) is 2.59. The number of carbonyl (C=O) groups excluding carboxylic acids is 1. The zero-order chi connectivity index (χ0) is 18.1. The van der Waals surface area contributed by atoms with E-state index in [1.807, 2.05) is 23.1 Å². The van der Waals surface area contributed by atoms with Crippen LogP contribution in [-0.4, -0.2) is 30.9 Å². The zero-order valence-electron chi connectivity index (χ0n) is 15.4. The van der Waals surface area contributed by atoms with Crippen molar-refractivity contribution < 1.29 is 14.3 Å². The van der Waals surface area contributed by atoms with Crippen molar-refractivity contribution in [1.29, 1.82) is 0 Å². The first-order valence-electron chi connectivity index (χ1n) is 9.30. The Hall–Kier alpha value is -1.69. The Balaban J connectivity index is 1.50. The monoisotopic (exact) mass is 371 g/mol. The highest BCUT2D eigenvalue weighted by Gasteiger charge is 2.43. The first-order chi connectivity index (χ1) is 12.5. The van der Waals surface area contributed by atoms with Gasteiger partial charge in [-0.05, 0) is 37.0 Å². The average molecular weight is 372 g/mol. The Morgan fingerprint density at radius 3 is 2.85 bits per heavy atom. The molecule has 4 nitrogen and oxygen atoms in total. The molecular weight excluding hydrogens is 346 g/mol. The van der Waals surface area contributed by atoms with Crippen molar-refractivity contribution in [3.63, 3.8) is 0 Å². The van der Waals surface area contributed by atoms with Crippen LogP contribution in [0.5, 0.6) is 0 Å². The Labute approximate surface area is 158 Å². The maximum atomic E-state index is 12.3. The summed E-state index contributed by atoms with van der Waals surface area (Å²) in [5.74, 6) is -0.351. The molecule has 5 heteroatoms. The van der Waals surface area contributed by atoms with Gasteiger partial charge >= 0.3 is 0 Å². The normalized spacial score (nSPS) is 24.6. The highest BCUT2D eigenvalue weighted by Crippen LogP contribution is 2.42. The number of carbonyl (C=O) groups is 1. The third-order valence-corrected chi connectivity index (χ3v) is 6.40. The molecule has 1 aliphatic carbocycles. The number of amides is 1. The molecule has 1 amide bonds. The summed E-state index contributed by atoms with van der Waals surface area (Å²) in [6.45, 7) is 5.08. The highest BCUT2D eigenvalue weighted by atomic mass is 32.1. The van der Waals surface area contributed by atoms with Gasteiger partial charge in [0.2, 0.25) is 5.91 Å². The number of benzene rings is 1. The molecule has 0 bridgehead atoms. The molecule has 26 heavy (non-hydrogen) atoms. The maximum Gasteiger partial charge on any atom is 0.224 e. The number of hydrogen-bond donors (Lipinski definition) is 0. The first-order valence-corrected chi connectivity index (χ1v) is 10.1. The molecule has 138 valence electrons. The molecule has 1 aliphatic heterocycles. The van der Waals surface area contributed by atoms with Crippen LogP contribution in [0.25, 0.3) is 0 Å². The van der Waals surface area contributed by atoms with Gasteiger partial charge < -0.3 is 14.4 Å². The highest BCUT2D eigenvalue weighted by molar-refractivity contribution is 7.16. The van der Waals surface area contributed by atoms with Crippen molar-refractivity contribution in [3.8, 4) is 0 Å². The van der Waals surface area contributed by atoms with Crippen molar-refractivity contribution >= 4 is 22.2 Å². The third-order valence-electron chi connectivity index (χ3n) is 5.20. The fourth-order valence-corrected chi connectivity index (χ4v) is 5.21. The molecule has 0 N–H and O–H groups in total. The minimum Gasteiger partial charge on any atom is -0.347 e. The average Bonchev–Trinajstić information content (AvgIpc) is 3.19. The van der Waals surface area contributed by atoms with Gasteiger partial charge in [0.25, 0.3) is 0 Å². The quantitative estimate of drug-likeness (QED) is 0.816. The van der Waals surface area contributed by atoms with E-state index in [1.165, 1.54) is 16.0 Å². The number of hydrogen-bond acceptors (Lipinski definition) is 4. The Morgan fingerprint density at radius 2 is 2.15 bits per heavy atom. The van der Waals surface area contributed by atoms with Gasteiger partial charge in [-0.1, -0.05) is 30.3 Å². The summed E-state index contributed by atoms with van der Waals surface area (Å²) >= 11 is 1.71. The van der Waals surface area contributed by atoms with Crippen LogP contribution in [0.3, 0.4) is 0 Å². The second kappa shape index (κ2) is 7.14. The van der Waals surface area contributed by atoms with E-state index >= 15 is 0 Å². The summed E-state index contributed by atoms with van der Waals surface area (Å²) in [6, 6.07) is 12.5. The van der Waals surface area contributed by atoms with Crippen LogP contribution in [-0.2, 0) is 33.5 Å². The molecule has 2 aliphatic rings. The lowest BCUT2D eigenvalue weighted by molar-refractivity contribution is -0.172. The van der Waals surface area contributed by atoms with Crippen molar-refractivity contribution in [3.05, 3.63) is 52.4 Å². The van der Waals surface area contributed by atoms with Gasteiger partial charge in [-0.15, -0.1) is 11.3 Å². The molecule has 1 saturated heterocycles. The van der Waals surface area contributed by atoms with Crippen molar-refractivity contribution in [2.45, 2.75) is 51.4 Å². The van der Waals surface area contributed by atoms with Gasteiger partial charge in [0, 0.05) is 31.2 Å². The molecule has 4 rings (SSSR count). The molecule has 1 spiro atoms. The van der Waals surface area contributed by atoms with E-state index in [1.54, 1.807) is 18.3 Å². The van der Waals surface area contributed by atoms with Gasteiger partial charge in [-0.2, -0.15) is 0 Å². The summed E-state index contributed by atoms with van der Waals surface area (Å²) < 4.78 is 12.0. The van der Waals surface area contributed by atoms with E-state index in [-0.39, 0.29) is 12.0 Å². The number of rotatable bonds is 4. The van der Waals surface area contributed by atoms with Crippen LogP contribution in [0.15, 0.2) is 36.4 Å². The molecule has 1 fully saturated rings. The summed E-state index contributed by atoms with van der Waals surface area (Å²) in [5, 5.41) is 1.04. The fraction of sp³-hybridized carbons (Fsp3) is 0.476. The van der Waals surface area contributed by atoms with E-state index in [4.69, 9.17) is 9.47 Å². The number of anilines is 1. The van der Waals surface area contributed by atoms with E-state index in [0.717, 1.165) is 30.7 Å². The fourth-order valence-electron chi connectivity index (χ4n) is 3.84. The number of nitrogens with zero attached hydrogens (tertiary/aromatic N) is 1. The van der Waals surface area contributed by atoms with Gasteiger partial charge in [0.05, 0.1) is 17.7 Å². The van der Waals surface area contributed by atoms with E-state index in [9.17, 15) is 4.79 Å². The second-order valence-electron chi connectivity index (χ2n) is 7.27. The molecule has 2 heterocycles. The molecule has 2 aromatic rings. The summed E-state index contributed by atoms with van der Waals surface area (Å²) in [6.07, 6.45) is 3.65. The Morgan fingerprint density at radius 1 is 1.35 bits per heavy atom. The van der Waals surface area contributed by atoms with E-state index in [2.05, 4.69) is 25.1 Å². The van der Waals surface area contributed by atoms with Crippen molar-refractivity contribution in [1.82, 2.24) is 0 Å². The van der Waals surface area contributed by atoms with E-state index in [0.29, 0.717) is 13.2 Å². The lowest BCUT2D eigenvalue weighted by atomic mass is 9.93. The first kappa shape index (κ1) is 17.7. The molecule has 2 unspecified atom stereocenters. The van der Waals surface area contributed by atoms with Gasteiger partial charge in [0.1, 0.15) is 0 Å². The number of fused-ring (bicyclic) bond motifs is 1. The minimum absolute atomic E-state index is 0.0937. The lowest BCUT2D eigenvalue weighted by Gasteiger charge is -2.31. The summed E-state index contributed by atoms with van der Waals surface area (Å²) in [4.78, 5) is 15.5. The predicted molar refractivity (Wildman–Crippen MR) is 104 cm³/mol. The van der Waals surface area contributed by atoms with E-state index < -0.39 is 5.79 Å². The van der Waals surface area contributed by atoms with Gasteiger partial charge in [-0.3, -0.25) is 4.79 Å².